The van der Waals surface area contributed by atoms with Crippen molar-refractivity contribution >= 4 is 11.9 Å². The van der Waals surface area contributed by atoms with Crippen molar-refractivity contribution in [3.63, 3.8) is 0 Å². The summed E-state index contributed by atoms with van der Waals surface area (Å²) in [6, 6.07) is 0. The largest absolute Gasteiger partial charge is 0.458 e. The van der Waals surface area contributed by atoms with Crippen molar-refractivity contribution in [3.05, 3.63) is 11.6 Å². The summed E-state index contributed by atoms with van der Waals surface area (Å²) in [5.41, 5.74) is 0.819. The first kappa shape index (κ1) is 13.4. The second-order valence-electron chi connectivity index (χ2n) is 7.09. The van der Waals surface area contributed by atoms with Gasteiger partial charge in [0, 0.05) is 11.5 Å². The number of hydrogen-bond donors (Lipinski definition) is 0. The SMILES string of the molecule is O=C(OC1C2CC3CC(C2)C(=O)OC1C3)C1=CCCCC1. The highest BCUT2D eigenvalue weighted by atomic mass is 16.6. The molecule has 0 aromatic heterocycles. The highest BCUT2D eigenvalue weighted by Gasteiger charge is 2.51. The summed E-state index contributed by atoms with van der Waals surface area (Å²) in [6.07, 6.45) is 9.38. The maximum Gasteiger partial charge on any atom is 0.334 e. The van der Waals surface area contributed by atoms with Crippen LogP contribution in [0.3, 0.4) is 0 Å². The summed E-state index contributed by atoms with van der Waals surface area (Å²) in [4.78, 5) is 24.4. The third-order valence-electron chi connectivity index (χ3n) is 5.64. The van der Waals surface area contributed by atoms with Gasteiger partial charge in [-0.25, -0.2) is 4.79 Å². The quantitative estimate of drug-likeness (QED) is 0.734. The average molecular weight is 290 g/mol. The van der Waals surface area contributed by atoms with Crippen molar-refractivity contribution in [1.29, 1.82) is 0 Å². The van der Waals surface area contributed by atoms with Crippen molar-refractivity contribution in [2.45, 2.75) is 63.6 Å². The molecule has 2 saturated carbocycles. The van der Waals surface area contributed by atoms with E-state index in [1.807, 2.05) is 6.08 Å². The van der Waals surface area contributed by atoms with Gasteiger partial charge in [0.2, 0.25) is 0 Å². The normalized spacial score (nSPS) is 41.2. The Morgan fingerprint density at radius 1 is 1.19 bits per heavy atom. The van der Waals surface area contributed by atoms with Gasteiger partial charge in [0.1, 0.15) is 12.2 Å². The maximum atomic E-state index is 12.4. The number of allylic oxidation sites excluding steroid dienone is 1. The van der Waals surface area contributed by atoms with Crippen LogP contribution in [-0.4, -0.2) is 24.1 Å². The number of esters is 2. The molecule has 0 amide bonds. The summed E-state index contributed by atoms with van der Waals surface area (Å²) >= 11 is 0. The minimum atomic E-state index is -0.217. The molecule has 5 rings (SSSR count). The van der Waals surface area contributed by atoms with Crippen LogP contribution < -0.4 is 0 Å². The van der Waals surface area contributed by atoms with Crippen LogP contribution in [0.2, 0.25) is 0 Å². The predicted octanol–water partition coefficient (Wildman–Crippen LogP) is 2.76. The Hall–Kier alpha value is -1.32. The predicted molar refractivity (Wildman–Crippen MR) is 75.2 cm³/mol. The number of hydrogen-bond acceptors (Lipinski definition) is 4. The molecule has 5 unspecified atom stereocenters. The standard InChI is InChI=1S/C17H22O4/c18-16(11-4-2-1-3-5-11)21-15-12-6-10-7-13(9-12)17(19)20-14(15)8-10/h4,10,12-15H,1-3,5-9H2. The van der Waals surface area contributed by atoms with Crippen LogP contribution in [0.4, 0.5) is 0 Å². The van der Waals surface area contributed by atoms with Gasteiger partial charge >= 0.3 is 11.9 Å². The number of fused-ring (bicyclic) bond motifs is 1. The van der Waals surface area contributed by atoms with Crippen LogP contribution in [0.25, 0.3) is 0 Å². The molecule has 0 aromatic rings. The summed E-state index contributed by atoms with van der Waals surface area (Å²) < 4.78 is 11.4. The topological polar surface area (TPSA) is 52.6 Å². The molecule has 4 fully saturated rings. The molecule has 5 atom stereocenters. The van der Waals surface area contributed by atoms with Gasteiger partial charge in [-0.3, -0.25) is 4.79 Å². The minimum absolute atomic E-state index is 0.0383. The minimum Gasteiger partial charge on any atom is -0.458 e. The Kier molecular flexibility index (Phi) is 3.27. The molecule has 0 N–H and O–H groups in total. The third-order valence-corrected chi connectivity index (χ3v) is 5.64. The Morgan fingerprint density at radius 3 is 2.90 bits per heavy atom. The van der Waals surface area contributed by atoms with Crippen molar-refractivity contribution in [2.75, 3.05) is 0 Å². The fourth-order valence-electron chi connectivity index (χ4n) is 4.66. The van der Waals surface area contributed by atoms with Gasteiger partial charge in [-0.15, -0.1) is 0 Å². The Balaban J connectivity index is 1.51. The Morgan fingerprint density at radius 2 is 2.10 bits per heavy atom. The summed E-state index contributed by atoms with van der Waals surface area (Å²) in [5.74, 6) is 0.684. The van der Waals surface area contributed by atoms with Crippen molar-refractivity contribution in [3.8, 4) is 0 Å². The van der Waals surface area contributed by atoms with E-state index in [9.17, 15) is 9.59 Å². The Labute approximate surface area is 124 Å². The number of carbonyl (C=O) groups is 2. The first-order valence-corrected chi connectivity index (χ1v) is 8.31. The van der Waals surface area contributed by atoms with Gasteiger partial charge in [0.15, 0.2) is 0 Å². The van der Waals surface area contributed by atoms with Gasteiger partial charge in [0.25, 0.3) is 0 Å². The molecule has 5 aliphatic rings. The monoisotopic (exact) mass is 290 g/mol. The molecule has 4 heteroatoms. The Bertz CT molecular complexity index is 495. The lowest BCUT2D eigenvalue weighted by Crippen LogP contribution is -2.45. The molecule has 114 valence electrons. The lowest BCUT2D eigenvalue weighted by molar-refractivity contribution is -0.169. The first-order chi connectivity index (χ1) is 10.2. The van der Waals surface area contributed by atoms with Crippen molar-refractivity contribution in [1.82, 2.24) is 0 Å². The number of carbonyl (C=O) groups excluding carboxylic acids is 2. The summed E-state index contributed by atoms with van der Waals surface area (Å²) in [6.45, 7) is 0. The van der Waals surface area contributed by atoms with E-state index >= 15 is 0 Å². The van der Waals surface area contributed by atoms with E-state index in [1.165, 1.54) is 0 Å². The van der Waals surface area contributed by atoms with Crippen LogP contribution in [-0.2, 0) is 19.1 Å². The van der Waals surface area contributed by atoms with Crippen LogP contribution in [0.5, 0.6) is 0 Å². The summed E-state index contributed by atoms with van der Waals surface area (Å²) in [5, 5.41) is 0. The van der Waals surface area contributed by atoms with Gasteiger partial charge in [0.05, 0.1) is 5.92 Å². The first-order valence-electron chi connectivity index (χ1n) is 8.31. The fraction of sp³-hybridized carbons (Fsp3) is 0.765. The van der Waals surface area contributed by atoms with Crippen molar-refractivity contribution in [2.24, 2.45) is 17.8 Å². The molecule has 3 aliphatic carbocycles. The van der Waals surface area contributed by atoms with Crippen molar-refractivity contribution < 1.29 is 19.1 Å². The van der Waals surface area contributed by atoms with Crippen LogP contribution in [0.15, 0.2) is 11.6 Å². The molecule has 4 bridgehead atoms. The van der Waals surface area contributed by atoms with Crippen LogP contribution in [0.1, 0.15) is 51.4 Å². The van der Waals surface area contributed by atoms with E-state index < -0.39 is 0 Å². The molecular formula is C17H22O4. The highest BCUT2D eigenvalue weighted by molar-refractivity contribution is 5.88. The molecule has 2 heterocycles. The zero-order valence-electron chi connectivity index (χ0n) is 12.3. The molecule has 4 nitrogen and oxygen atoms in total. The van der Waals surface area contributed by atoms with Gasteiger partial charge in [-0.05, 0) is 57.3 Å². The third kappa shape index (κ3) is 2.39. The summed E-state index contributed by atoms with van der Waals surface area (Å²) in [7, 11) is 0. The molecule has 2 aliphatic heterocycles. The highest BCUT2D eigenvalue weighted by Crippen LogP contribution is 2.48. The number of ether oxygens (including phenoxy) is 2. The lowest BCUT2D eigenvalue weighted by Gasteiger charge is -2.41. The van der Waals surface area contributed by atoms with E-state index in [-0.39, 0.29) is 30.1 Å². The van der Waals surface area contributed by atoms with Gasteiger partial charge < -0.3 is 9.47 Å². The van der Waals surface area contributed by atoms with Gasteiger partial charge in [-0.2, -0.15) is 0 Å². The zero-order valence-corrected chi connectivity index (χ0v) is 12.3. The molecule has 0 aromatic carbocycles. The molecular weight excluding hydrogens is 268 g/mol. The zero-order chi connectivity index (χ0) is 14.4. The molecule has 21 heavy (non-hydrogen) atoms. The van der Waals surface area contributed by atoms with Crippen LogP contribution in [0, 0.1) is 17.8 Å². The van der Waals surface area contributed by atoms with E-state index in [1.54, 1.807) is 0 Å². The molecule has 2 saturated heterocycles. The second-order valence-corrected chi connectivity index (χ2v) is 7.09. The van der Waals surface area contributed by atoms with E-state index in [2.05, 4.69) is 0 Å². The molecule has 0 radical (unpaired) electrons. The van der Waals surface area contributed by atoms with E-state index in [0.29, 0.717) is 11.8 Å². The van der Waals surface area contributed by atoms with E-state index in [0.717, 1.165) is 56.9 Å². The number of rotatable bonds is 2. The molecule has 0 spiro atoms. The van der Waals surface area contributed by atoms with Crippen LogP contribution >= 0.6 is 0 Å². The van der Waals surface area contributed by atoms with E-state index in [4.69, 9.17) is 9.47 Å². The second kappa shape index (κ2) is 5.15. The smallest absolute Gasteiger partial charge is 0.334 e. The lowest BCUT2D eigenvalue weighted by atomic mass is 9.67. The van der Waals surface area contributed by atoms with Gasteiger partial charge in [-0.1, -0.05) is 6.08 Å². The fourth-order valence-corrected chi connectivity index (χ4v) is 4.66. The average Bonchev–Trinajstić information content (AvgIpc) is 2.66. The maximum absolute atomic E-state index is 12.4.